The van der Waals surface area contributed by atoms with E-state index in [1.807, 2.05) is 0 Å². The molecule has 8 heteroatoms. The van der Waals surface area contributed by atoms with Gasteiger partial charge in [0.15, 0.2) is 0 Å². The van der Waals surface area contributed by atoms with E-state index in [4.69, 9.17) is 27.9 Å². The molecule has 1 fully saturated rings. The molecule has 1 aliphatic rings. The van der Waals surface area contributed by atoms with Gasteiger partial charge in [0.1, 0.15) is 0 Å². The van der Waals surface area contributed by atoms with Crippen molar-refractivity contribution < 1.29 is 14.3 Å². The van der Waals surface area contributed by atoms with Crippen LogP contribution in [0.25, 0.3) is 0 Å². The zero-order chi connectivity index (χ0) is 18.2. The van der Waals surface area contributed by atoms with Gasteiger partial charge in [-0.2, -0.15) is 0 Å². The maximum atomic E-state index is 12.0. The van der Waals surface area contributed by atoms with Gasteiger partial charge in [0.2, 0.25) is 11.8 Å². The first-order chi connectivity index (χ1) is 12.0. The van der Waals surface area contributed by atoms with Crippen LogP contribution in [0.5, 0.6) is 0 Å². The number of nitrogens with zero attached hydrogens (tertiary/aromatic N) is 2. The van der Waals surface area contributed by atoms with E-state index in [-0.39, 0.29) is 24.8 Å². The fraction of sp³-hybridized carbons (Fsp3) is 0.529. The second-order valence-corrected chi connectivity index (χ2v) is 6.66. The summed E-state index contributed by atoms with van der Waals surface area (Å²) >= 11 is 12.0. The number of carbonyl (C=O) groups excluding carboxylic acids is 2. The third kappa shape index (κ3) is 6.47. The van der Waals surface area contributed by atoms with Gasteiger partial charge in [-0.1, -0.05) is 23.2 Å². The third-order valence-electron chi connectivity index (χ3n) is 4.00. The van der Waals surface area contributed by atoms with Gasteiger partial charge in [-0.15, -0.1) is 0 Å². The number of hydrogen-bond acceptors (Lipinski definition) is 4. The average Bonchev–Trinajstić information content (AvgIpc) is 2.57. The van der Waals surface area contributed by atoms with Gasteiger partial charge in [-0.3, -0.25) is 14.5 Å². The highest BCUT2D eigenvalue weighted by atomic mass is 35.5. The molecule has 2 rings (SSSR count). The van der Waals surface area contributed by atoms with Gasteiger partial charge < -0.3 is 15.0 Å². The highest BCUT2D eigenvalue weighted by Crippen LogP contribution is 2.29. The Morgan fingerprint density at radius 3 is 2.64 bits per heavy atom. The zero-order valence-corrected chi connectivity index (χ0v) is 15.8. The summed E-state index contributed by atoms with van der Waals surface area (Å²) < 4.78 is 5.29. The Morgan fingerprint density at radius 2 is 2.00 bits per heavy atom. The van der Waals surface area contributed by atoms with Crippen LogP contribution in [0.15, 0.2) is 18.2 Å². The van der Waals surface area contributed by atoms with Crippen LogP contribution in [-0.2, 0) is 14.3 Å². The maximum Gasteiger partial charge on any atom is 0.223 e. The Bertz CT molecular complexity index is 607. The van der Waals surface area contributed by atoms with Crippen LogP contribution >= 0.6 is 23.2 Å². The highest BCUT2D eigenvalue weighted by Gasteiger charge is 2.17. The van der Waals surface area contributed by atoms with Crippen molar-refractivity contribution >= 4 is 40.7 Å². The van der Waals surface area contributed by atoms with Crippen LogP contribution in [0.2, 0.25) is 10.0 Å². The fourth-order valence-corrected chi connectivity index (χ4v) is 3.14. The molecule has 0 bridgehead atoms. The van der Waals surface area contributed by atoms with Crippen LogP contribution in [0.3, 0.4) is 0 Å². The number of anilines is 1. The second kappa shape index (κ2) is 9.97. The van der Waals surface area contributed by atoms with E-state index < -0.39 is 0 Å². The van der Waals surface area contributed by atoms with Crippen molar-refractivity contribution in [2.75, 3.05) is 50.8 Å². The molecule has 25 heavy (non-hydrogen) atoms. The van der Waals surface area contributed by atoms with E-state index in [9.17, 15) is 9.59 Å². The topological polar surface area (TPSA) is 61.9 Å². The van der Waals surface area contributed by atoms with Gasteiger partial charge in [0.05, 0.1) is 23.9 Å². The second-order valence-electron chi connectivity index (χ2n) is 5.82. The highest BCUT2D eigenvalue weighted by molar-refractivity contribution is 6.36. The molecule has 1 aromatic rings. The number of nitrogens with one attached hydrogen (secondary N) is 1. The van der Waals surface area contributed by atoms with Crippen molar-refractivity contribution in [2.24, 2.45) is 0 Å². The number of amides is 2. The van der Waals surface area contributed by atoms with Crippen LogP contribution in [0, 0.1) is 0 Å². The van der Waals surface area contributed by atoms with Crippen molar-refractivity contribution in [1.82, 2.24) is 10.2 Å². The Hall–Kier alpha value is -1.34. The summed E-state index contributed by atoms with van der Waals surface area (Å²) in [5.41, 5.74) is 0.555. The molecule has 0 unspecified atom stereocenters. The molecule has 0 saturated carbocycles. The molecule has 1 N–H and O–H groups in total. The Kier molecular flexibility index (Phi) is 7.96. The molecule has 1 aromatic carbocycles. The quantitative estimate of drug-likeness (QED) is 0.778. The van der Waals surface area contributed by atoms with Crippen molar-refractivity contribution in [3.05, 3.63) is 28.2 Å². The van der Waals surface area contributed by atoms with E-state index in [0.717, 1.165) is 32.8 Å². The number of halogens is 2. The number of benzene rings is 1. The van der Waals surface area contributed by atoms with Crippen LogP contribution in [0.4, 0.5) is 5.69 Å². The fourth-order valence-electron chi connectivity index (χ4n) is 2.63. The monoisotopic (exact) mass is 387 g/mol. The molecule has 0 spiro atoms. The predicted molar refractivity (Wildman–Crippen MR) is 99.4 cm³/mol. The van der Waals surface area contributed by atoms with E-state index in [1.165, 1.54) is 11.8 Å². The molecule has 2 amide bonds. The average molecular weight is 388 g/mol. The lowest BCUT2D eigenvalue weighted by atomic mass is 10.2. The van der Waals surface area contributed by atoms with E-state index in [1.54, 1.807) is 18.2 Å². The zero-order valence-electron chi connectivity index (χ0n) is 14.3. The standard InChI is InChI=1S/C17H23Cl2N3O3/c1-13(23)22(16-3-2-14(18)12-15(16)19)6-4-17(24)20-5-7-21-8-10-25-11-9-21/h2-3,12H,4-11H2,1H3,(H,20,24). The Balaban J connectivity index is 1.80. The number of carbonyl (C=O) groups is 2. The van der Waals surface area contributed by atoms with Gasteiger partial charge in [-0.05, 0) is 18.2 Å². The summed E-state index contributed by atoms with van der Waals surface area (Å²) in [6.07, 6.45) is 0.210. The lowest BCUT2D eigenvalue weighted by Gasteiger charge is -2.26. The molecule has 0 aliphatic carbocycles. The van der Waals surface area contributed by atoms with Crippen molar-refractivity contribution in [2.45, 2.75) is 13.3 Å². The van der Waals surface area contributed by atoms with Crippen molar-refractivity contribution in [3.63, 3.8) is 0 Å². The summed E-state index contributed by atoms with van der Waals surface area (Å²) in [7, 11) is 0. The lowest BCUT2D eigenvalue weighted by Crippen LogP contribution is -2.42. The predicted octanol–water partition coefficient (Wildman–Crippen LogP) is 2.18. The lowest BCUT2D eigenvalue weighted by molar-refractivity contribution is -0.121. The van der Waals surface area contributed by atoms with Crippen molar-refractivity contribution in [1.29, 1.82) is 0 Å². The minimum absolute atomic E-state index is 0.0930. The molecule has 0 aromatic heterocycles. The molecule has 1 saturated heterocycles. The SMILES string of the molecule is CC(=O)N(CCC(=O)NCCN1CCOCC1)c1ccc(Cl)cc1Cl. The first-order valence-corrected chi connectivity index (χ1v) is 9.03. The first-order valence-electron chi connectivity index (χ1n) is 8.27. The molecule has 138 valence electrons. The van der Waals surface area contributed by atoms with Gasteiger partial charge in [0.25, 0.3) is 0 Å². The number of rotatable bonds is 7. The number of morpholine rings is 1. The summed E-state index contributed by atoms with van der Waals surface area (Å²) in [5, 5.41) is 3.77. The minimum Gasteiger partial charge on any atom is -0.379 e. The van der Waals surface area contributed by atoms with E-state index in [0.29, 0.717) is 22.3 Å². The van der Waals surface area contributed by atoms with Crippen molar-refractivity contribution in [3.8, 4) is 0 Å². The van der Waals surface area contributed by atoms with Crippen LogP contribution in [0.1, 0.15) is 13.3 Å². The number of hydrogen-bond donors (Lipinski definition) is 1. The van der Waals surface area contributed by atoms with Crippen LogP contribution in [-0.4, -0.2) is 62.7 Å². The summed E-state index contributed by atoms with van der Waals surface area (Å²) in [6.45, 7) is 6.36. The Morgan fingerprint density at radius 1 is 1.28 bits per heavy atom. The minimum atomic E-state index is -0.176. The molecular weight excluding hydrogens is 365 g/mol. The van der Waals surface area contributed by atoms with Crippen LogP contribution < -0.4 is 10.2 Å². The number of ether oxygens (including phenoxy) is 1. The normalized spacial score (nSPS) is 15.0. The molecular formula is C17H23Cl2N3O3. The Labute approximate surface area is 158 Å². The molecule has 0 radical (unpaired) electrons. The smallest absolute Gasteiger partial charge is 0.223 e. The molecule has 0 atom stereocenters. The first kappa shape index (κ1) is 20.0. The maximum absolute atomic E-state index is 12.0. The van der Waals surface area contributed by atoms with E-state index in [2.05, 4.69) is 10.2 Å². The molecule has 6 nitrogen and oxygen atoms in total. The van der Waals surface area contributed by atoms with Gasteiger partial charge in [-0.25, -0.2) is 0 Å². The van der Waals surface area contributed by atoms with Gasteiger partial charge in [0, 0.05) is 51.1 Å². The summed E-state index contributed by atoms with van der Waals surface area (Å²) in [6, 6.07) is 4.93. The van der Waals surface area contributed by atoms with Gasteiger partial charge >= 0.3 is 0 Å². The molecule has 1 heterocycles. The molecule has 1 aliphatic heterocycles. The van der Waals surface area contributed by atoms with E-state index >= 15 is 0 Å². The largest absolute Gasteiger partial charge is 0.379 e. The third-order valence-corrected chi connectivity index (χ3v) is 4.53. The summed E-state index contributed by atoms with van der Waals surface area (Å²) in [5.74, 6) is -0.269. The summed E-state index contributed by atoms with van der Waals surface area (Å²) in [4.78, 5) is 27.7.